The summed E-state index contributed by atoms with van der Waals surface area (Å²) in [6.07, 6.45) is 1.86. The third kappa shape index (κ3) is 0.840. The van der Waals surface area contributed by atoms with E-state index in [1.165, 1.54) is 5.56 Å². The summed E-state index contributed by atoms with van der Waals surface area (Å²) in [4.78, 5) is 6.62. The molecule has 1 aliphatic rings. The van der Waals surface area contributed by atoms with Gasteiger partial charge in [0.2, 0.25) is 0 Å². The standard InChI is InChI=1S/C10H14N2/c1-7-8(2)12(3)10-9(7)5-4-6-11-10/h4-8H,1-3H3. The van der Waals surface area contributed by atoms with Crippen LogP contribution in [0.3, 0.4) is 0 Å². The highest BCUT2D eigenvalue weighted by molar-refractivity contribution is 5.55. The first-order valence-corrected chi connectivity index (χ1v) is 4.39. The van der Waals surface area contributed by atoms with Gasteiger partial charge in [-0.25, -0.2) is 4.98 Å². The number of anilines is 1. The third-order valence-electron chi connectivity index (χ3n) is 2.98. The minimum Gasteiger partial charge on any atom is -0.356 e. The molecule has 12 heavy (non-hydrogen) atoms. The van der Waals surface area contributed by atoms with Gasteiger partial charge < -0.3 is 4.90 Å². The van der Waals surface area contributed by atoms with E-state index in [0.29, 0.717) is 12.0 Å². The van der Waals surface area contributed by atoms with Gasteiger partial charge in [-0.3, -0.25) is 0 Å². The van der Waals surface area contributed by atoms with Crippen molar-refractivity contribution in [3.05, 3.63) is 23.9 Å². The number of nitrogens with zero attached hydrogens (tertiary/aromatic N) is 2. The van der Waals surface area contributed by atoms with Gasteiger partial charge in [0.05, 0.1) is 0 Å². The molecule has 2 heterocycles. The van der Waals surface area contributed by atoms with Crippen LogP contribution < -0.4 is 4.90 Å². The number of fused-ring (bicyclic) bond motifs is 1. The molecule has 1 aromatic rings. The van der Waals surface area contributed by atoms with Crippen molar-refractivity contribution in [2.45, 2.75) is 25.8 Å². The quantitative estimate of drug-likeness (QED) is 0.580. The number of aromatic nitrogens is 1. The fourth-order valence-corrected chi connectivity index (χ4v) is 1.85. The topological polar surface area (TPSA) is 16.1 Å². The Morgan fingerprint density at radius 3 is 2.83 bits per heavy atom. The highest BCUT2D eigenvalue weighted by Crippen LogP contribution is 2.37. The molecule has 2 unspecified atom stereocenters. The van der Waals surface area contributed by atoms with Crippen molar-refractivity contribution < 1.29 is 0 Å². The molecule has 1 aliphatic heterocycles. The molecule has 2 atom stereocenters. The predicted molar refractivity (Wildman–Crippen MR) is 50.5 cm³/mol. The average Bonchev–Trinajstić information content (AvgIpc) is 2.33. The van der Waals surface area contributed by atoms with Crippen molar-refractivity contribution in [3.8, 4) is 0 Å². The summed E-state index contributed by atoms with van der Waals surface area (Å²) in [5.74, 6) is 1.76. The van der Waals surface area contributed by atoms with Crippen LogP contribution in [0.5, 0.6) is 0 Å². The maximum atomic E-state index is 4.37. The Morgan fingerprint density at radius 1 is 1.42 bits per heavy atom. The molecule has 64 valence electrons. The zero-order valence-electron chi connectivity index (χ0n) is 7.78. The molecular formula is C10H14N2. The molecule has 0 spiro atoms. The summed E-state index contributed by atoms with van der Waals surface area (Å²) in [5, 5.41) is 0. The van der Waals surface area contributed by atoms with E-state index in [0.717, 1.165) is 5.82 Å². The van der Waals surface area contributed by atoms with E-state index in [4.69, 9.17) is 0 Å². The second-order valence-corrected chi connectivity index (χ2v) is 3.56. The maximum absolute atomic E-state index is 4.37. The number of rotatable bonds is 0. The Kier molecular flexibility index (Phi) is 1.56. The molecule has 0 aliphatic carbocycles. The fourth-order valence-electron chi connectivity index (χ4n) is 1.85. The average molecular weight is 162 g/mol. The monoisotopic (exact) mass is 162 g/mol. The normalized spacial score (nSPS) is 27.4. The smallest absolute Gasteiger partial charge is 0.132 e. The minimum absolute atomic E-state index is 0.579. The highest BCUT2D eigenvalue weighted by atomic mass is 15.2. The lowest BCUT2D eigenvalue weighted by Crippen LogP contribution is -2.26. The van der Waals surface area contributed by atoms with Crippen molar-refractivity contribution >= 4 is 5.82 Å². The third-order valence-corrected chi connectivity index (χ3v) is 2.98. The van der Waals surface area contributed by atoms with E-state index in [-0.39, 0.29) is 0 Å². The summed E-state index contributed by atoms with van der Waals surface area (Å²) in [6.45, 7) is 4.50. The lowest BCUT2D eigenvalue weighted by atomic mass is 10.00. The first kappa shape index (κ1) is 7.59. The predicted octanol–water partition coefficient (Wildman–Crippen LogP) is 2.02. The molecule has 0 saturated carbocycles. The molecule has 0 bridgehead atoms. The summed E-state index contributed by atoms with van der Waals surface area (Å²) < 4.78 is 0. The second-order valence-electron chi connectivity index (χ2n) is 3.56. The van der Waals surface area contributed by atoms with Gasteiger partial charge in [-0.15, -0.1) is 0 Å². The Labute approximate surface area is 73.2 Å². The molecule has 0 fully saturated rings. The van der Waals surface area contributed by atoms with Crippen molar-refractivity contribution in [2.75, 3.05) is 11.9 Å². The van der Waals surface area contributed by atoms with Gasteiger partial charge in [0, 0.05) is 25.2 Å². The van der Waals surface area contributed by atoms with E-state index < -0.39 is 0 Å². The minimum atomic E-state index is 0.579. The first-order chi connectivity index (χ1) is 5.72. The van der Waals surface area contributed by atoms with Crippen LogP contribution in [-0.4, -0.2) is 18.1 Å². The number of pyridine rings is 1. The number of likely N-dealkylation sites (N-methyl/N-ethyl adjacent to an activating group) is 1. The van der Waals surface area contributed by atoms with E-state index in [2.05, 4.69) is 36.8 Å². The molecule has 2 rings (SSSR count). The van der Waals surface area contributed by atoms with Crippen molar-refractivity contribution in [3.63, 3.8) is 0 Å². The van der Waals surface area contributed by atoms with E-state index in [1.807, 2.05) is 12.3 Å². The van der Waals surface area contributed by atoms with Gasteiger partial charge in [0.1, 0.15) is 5.82 Å². The van der Waals surface area contributed by atoms with Gasteiger partial charge in [0.25, 0.3) is 0 Å². The Hall–Kier alpha value is -1.05. The van der Waals surface area contributed by atoms with Crippen LogP contribution in [0.2, 0.25) is 0 Å². The summed E-state index contributed by atoms with van der Waals surface area (Å²) in [6, 6.07) is 4.77. The van der Waals surface area contributed by atoms with Crippen LogP contribution in [0.25, 0.3) is 0 Å². The maximum Gasteiger partial charge on any atom is 0.132 e. The molecule has 0 radical (unpaired) electrons. The Balaban J connectivity index is 2.52. The summed E-state index contributed by atoms with van der Waals surface area (Å²) in [5.41, 5.74) is 1.38. The molecular weight excluding hydrogens is 148 g/mol. The lowest BCUT2D eigenvalue weighted by Gasteiger charge is -2.19. The van der Waals surface area contributed by atoms with Crippen LogP contribution in [0.15, 0.2) is 18.3 Å². The van der Waals surface area contributed by atoms with Gasteiger partial charge in [-0.1, -0.05) is 13.0 Å². The molecule has 0 amide bonds. The fraction of sp³-hybridized carbons (Fsp3) is 0.500. The molecule has 1 aromatic heterocycles. The van der Waals surface area contributed by atoms with Gasteiger partial charge in [0.15, 0.2) is 0 Å². The van der Waals surface area contributed by atoms with Crippen LogP contribution in [-0.2, 0) is 0 Å². The Bertz CT molecular complexity index is 267. The van der Waals surface area contributed by atoms with Crippen LogP contribution >= 0.6 is 0 Å². The molecule has 0 saturated heterocycles. The summed E-state index contributed by atoms with van der Waals surface area (Å²) >= 11 is 0. The molecule has 0 aromatic carbocycles. The number of hydrogen-bond donors (Lipinski definition) is 0. The molecule has 0 N–H and O–H groups in total. The zero-order chi connectivity index (χ0) is 8.72. The van der Waals surface area contributed by atoms with Crippen LogP contribution in [0, 0.1) is 0 Å². The van der Waals surface area contributed by atoms with Gasteiger partial charge in [-0.05, 0) is 18.6 Å². The van der Waals surface area contributed by atoms with Gasteiger partial charge in [-0.2, -0.15) is 0 Å². The largest absolute Gasteiger partial charge is 0.356 e. The zero-order valence-corrected chi connectivity index (χ0v) is 7.78. The summed E-state index contributed by atoms with van der Waals surface area (Å²) in [7, 11) is 2.11. The SMILES string of the molecule is CC1c2cccnc2N(C)C1C. The van der Waals surface area contributed by atoms with Crippen LogP contribution in [0.1, 0.15) is 25.3 Å². The second kappa shape index (κ2) is 2.47. The lowest BCUT2D eigenvalue weighted by molar-refractivity contribution is 0.625. The van der Waals surface area contributed by atoms with Crippen LogP contribution in [0.4, 0.5) is 5.82 Å². The van der Waals surface area contributed by atoms with E-state index in [1.54, 1.807) is 0 Å². The van der Waals surface area contributed by atoms with Crippen molar-refractivity contribution in [2.24, 2.45) is 0 Å². The van der Waals surface area contributed by atoms with E-state index in [9.17, 15) is 0 Å². The number of hydrogen-bond acceptors (Lipinski definition) is 2. The van der Waals surface area contributed by atoms with Crippen molar-refractivity contribution in [1.29, 1.82) is 0 Å². The first-order valence-electron chi connectivity index (χ1n) is 4.39. The Morgan fingerprint density at radius 2 is 2.17 bits per heavy atom. The molecule has 2 heteroatoms. The van der Waals surface area contributed by atoms with Gasteiger partial charge >= 0.3 is 0 Å². The highest BCUT2D eigenvalue weighted by Gasteiger charge is 2.30. The van der Waals surface area contributed by atoms with E-state index >= 15 is 0 Å². The van der Waals surface area contributed by atoms with Crippen molar-refractivity contribution in [1.82, 2.24) is 4.98 Å². The molecule has 2 nitrogen and oxygen atoms in total.